The fourth-order valence-corrected chi connectivity index (χ4v) is 2.77. The highest BCUT2D eigenvalue weighted by molar-refractivity contribution is 6.02. The number of fused-ring (bicyclic) bond motifs is 1. The van der Waals surface area contributed by atoms with E-state index in [1.54, 1.807) is 6.92 Å². The number of ether oxygens (including phenoxy) is 1. The molecule has 0 bridgehead atoms. The molecular weight excluding hydrogens is 366 g/mol. The summed E-state index contributed by atoms with van der Waals surface area (Å²) in [6.45, 7) is 1.72. The fourth-order valence-electron chi connectivity index (χ4n) is 2.77. The molecule has 0 saturated carbocycles. The number of hydrogen-bond acceptors (Lipinski definition) is 7. The predicted octanol–water partition coefficient (Wildman–Crippen LogP) is 2.46. The Morgan fingerprint density at radius 3 is 2.85 bits per heavy atom. The molecule has 1 aliphatic heterocycles. The minimum atomic E-state index is -2.66. The Morgan fingerprint density at radius 2 is 2.22 bits per heavy atom. The van der Waals surface area contributed by atoms with Crippen LogP contribution in [0.25, 0.3) is 0 Å². The van der Waals surface area contributed by atoms with E-state index in [0.29, 0.717) is 0 Å². The van der Waals surface area contributed by atoms with E-state index in [1.807, 2.05) is 0 Å². The van der Waals surface area contributed by atoms with Crippen molar-refractivity contribution in [3.8, 4) is 5.75 Å². The maximum Gasteiger partial charge on any atom is 0.295 e. The monoisotopic (exact) mass is 382 g/mol. The number of aromatic nitrogens is 3. The molecule has 12 heteroatoms. The summed E-state index contributed by atoms with van der Waals surface area (Å²) in [6.07, 6.45) is -2.52. The van der Waals surface area contributed by atoms with Crippen LogP contribution in [0.3, 0.4) is 0 Å². The van der Waals surface area contributed by atoms with Crippen LogP contribution >= 0.6 is 0 Å². The van der Waals surface area contributed by atoms with Gasteiger partial charge < -0.3 is 15.4 Å². The maximum atomic E-state index is 13.2. The summed E-state index contributed by atoms with van der Waals surface area (Å²) in [6, 6.07) is 2.27. The second-order valence-corrected chi connectivity index (χ2v) is 6.02. The van der Waals surface area contributed by atoms with E-state index in [1.165, 1.54) is 19.2 Å². The highest BCUT2D eigenvalue weighted by Gasteiger charge is 2.34. The first-order valence-electron chi connectivity index (χ1n) is 7.94. The third-order valence-electron chi connectivity index (χ3n) is 4.01. The average Bonchev–Trinajstić information content (AvgIpc) is 3.04. The first-order valence-corrected chi connectivity index (χ1v) is 7.94. The highest BCUT2D eigenvalue weighted by Crippen LogP contribution is 2.30. The summed E-state index contributed by atoms with van der Waals surface area (Å²) in [7, 11) is 1.33. The van der Waals surface area contributed by atoms with Crippen LogP contribution in [-0.4, -0.2) is 45.2 Å². The number of rotatable bonds is 5. The van der Waals surface area contributed by atoms with Crippen molar-refractivity contribution in [2.45, 2.75) is 31.9 Å². The zero-order valence-electron chi connectivity index (χ0n) is 14.3. The third kappa shape index (κ3) is 3.78. The Hall–Kier alpha value is -3.31. The standard InChI is InChI=1S/C15H16F2N6O4/c1-7-3-11(12(16)17)22-15(18-7)20-13(21-22)14(24)19-8-4-9(23(25)26)6-10(5-8)27-2/h4-7,11-12H,3H2,1-2H3,(H,19,24)(H,18,20,21)/t7-,11+/m1/s1. The second-order valence-electron chi connectivity index (χ2n) is 6.02. The van der Waals surface area contributed by atoms with Crippen molar-refractivity contribution >= 4 is 23.2 Å². The SMILES string of the molecule is COc1cc(NC(=O)c2nc3n(n2)[C@H](C(F)F)C[C@@H](C)N3)cc([N+](=O)[O-])c1. The Balaban J connectivity index is 1.87. The average molecular weight is 382 g/mol. The largest absolute Gasteiger partial charge is 0.496 e. The first kappa shape index (κ1) is 18.5. The molecule has 2 N–H and O–H groups in total. The van der Waals surface area contributed by atoms with Crippen molar-refractivity contribution < 1.29 is 23.2 Å². The number of methoxy groups -OCH3 is 1. The number of carbonyl (C=O) groups is 1. The van der Waals surface area contributed by atoms with Crippen LogP contribution in [0.5, 0.6) is 5.75 Å². The van der Waals surface area contributed by atoms with Gasteiger partial charge in [-0.05, 0) is 13.3 Å². The normalized spacial score (nSPS) is 18.6. The lowest BCUT2D eigenvalue weighted by Gasteiger charge is -2.28. The van der Waals surface area contributed by atoms with Gasteiger partial charge in [-0.15, -0.1) is 5.10 Å². The van der Waals surface area contributed by atoms with Gasteiger partial charge in [0.25, 0.3) is 18.0 Å². The van der Waals surface area contributed by atoms with E-state index in [0.717, 1.165) is 10.7 Å². The number of anilines is 2. The van der Waals surface area contributed by atoms with Gasteiger partial charge in [0, 0.05) is 18.2 Å². The summed E-state index contributed by atoms with van der Waals surface area (Å²) >= 11 is 0. The van der Waals surface area contributed by atoms with Crippen LogP contribution in [0.4, 0.5) is 26.1 Å². The molecule has 0 fully saturated rings. The van der Waals surface area contributed by atoms with Crippen LogP contribution < -0.4 is 15.4 Å². The van der Waals surface area contributed by atoms with Crippen molar-refractivity contribution in [2.75, 3.05) is 17.7 Å². The van der Waals surface area contributed by atoms with E-state index in [4.69, 9.17) is 4.74 Å². The zero-order valence-corrected chi connectivity index (χ0v) is 14.3. The van der Waals surface area contributed by atoms with Gasteiger partial charge in [0.05, 0.1) is 23.8 Å². The van der Waals surface area contributed by atoms with E-state index in [-0.39, 0.29) is 41.4 Å². The minimum Gasteiger partial charge on any atom is -0.496 e. The second kappa shape index (κ2) is 7.13. The number of amides is 1. The molecule has 0 radical (unpaired) electrons. The van der Waals surface area contributed by atoms with Crippen LogP contribution in [0.15, 0.2) is 18.2 Å². The van der Waals surface area contributed by atoms with Gasteiger partial charge in [0.2, 0.25) is 11.8 Å². The molecule has 27 heavy (non-hydrogen) atoms. The van der Waals surface area contributed by atoms with Crippen LogP contribution in [-0.2, 0) is 0 Å². The number of benzene rings is 1. The molecule has 1 aromatic heterocycles. The van der Waals surface area contributed by atoms with Crippen LogP contribution in [0, 0.1) is 10.1 Å². The molecular formula is C15H16F2N6O4. The van der Waals surface area contributed by atoms with Crippen molar-refractivity contribution in [1.82, 2.24) is 14.8 Å². The quantitative estimate of drug-likeness (QED) is 0.601. The lowest BCUT2D eigenvalue weighted by Crippen LogP contribution is -2.33. The van der Waals surface area contributed by atoms with Crippen molar-refractivity contribution in [1.29, 1.82) is 0 Å². The molecule has 0 aliphatic carbocycles. The first-order chi connectivity index (χ1) is 12.8. The van der Waals surface area contributed by atoms with Gasteiger partial charge in [0.15, 0.2) is 0 Å². The van der Waals surface area contributed by atoms with E-state index in [9.17, 15) is 23.7 Å². The van der Waals surface area contributed by atoms with Crippen molar-refractivity contribution in [2.24, 2.45) is 0 Å². The van der Waals surface area contributed by atoms with Gasteiger partial charge in [-0.25, -0.2) is 13.5 Å². The maximum absolute atomic E-state index is 13.2. The molecule has 3 rings (SSSR count). The van der Waals surface area contributed by atoms with Crippen molar-refractivity contribution in [3.63, 3.8) is 0 Å². The number of nitrogens with zero attached hydrogens (tertiary/aromatic N) is 4. The molecule has 0 unspecified atom stereocenters. The number of halogens is 2. The van der Waals surface area contributed by atoms with Gasteiger partial charge >= 0.3 is 0 Å². The molecule has 10 nitrogen and oxygen atoms in total. The number of nitrogens with one attached hydrogen (secondary N) is 2. The summed E-state index contributed by atoms with van der Waals surface area (Å²) in [5, 5.41) is 20.1. The zero-order chi connectivity index (χ0) is 19.7. The van der Waals surface area contributed by atoms with E-state index >= 15 is 0 Å². The summed E-state index contributed by atoms with van der Waals surface area (Å²) in [4.78, 5) is 26.7. The molecule has 2 aromatic rings. The highest BCUT2D eigenvalue weighted by atomic mass is 19.3. The molecule has 1 aromatic carbocycles. The molecule has 2 atom stereocenters. The van der Waals surface area contributed by atoms with E-state index in [2.05, 4.69) is 20.7 Å². The molecule has 0 spiro atoms. The number of nitro groups is 1. The molecule has 1 aliphatic rings. The van der Waals surface area contributed by atoms with Gasteiger partial charge in [-0.1, -0.05) is 0 Å². The molecule has 144 valence electrons. The number of nitro benzene ring substituents is 1. The number of hydrogen-bond donors (Lipinski definition) is 2. The molecule has 2 heterocycles. The van der Waals surface area contributed by atoms with Gasteiger partial charge in [-0.3, -0.25) is 14.9 Å². The van der Waals surface area contributed by atoms with E-state index < -0.39 is 23.3 Å². The Morgan fingerprint density at radius 1 is 1.48 bits per heavy atom. The lowest BCUT2D eigenvalue weighted by atomic mass is 10.1. The third-order valence-corrected chi connectivity index (χ3v) is 4.01. The number of carbonyl (C=O) groups excluding carboxylic acids is 1. The molecule has 0 saturated heterocycles. The summed E-state index contributed by atoms with van der Waals surface area (Å²) in [5.74, 6) is -0.879. The number of alkyl halides is 2. The Bertz CT molecular complexity index is 887. The summed E-state index contributed by atoms with van der Waals surface area (Å²) < 4.78 is 32.4. The molecule has 1 amide bonds. The number of non-ortho nitro benzene ring substituents is 1. The smallest absolute Gasteiger partial charge is 0.295 e. The topological polar surface area (TPSA) is 124 Å². The van der Waals surface area contributed by atoms with Crippen LogP contribution in [0.1, 0.15) is 30.0 Å². The van der Waals surface area contributed by atoms with Gasteiger partial charge in [-0.2, -0.15) is 4.98 Å². The lowest BCUT2D eigenvalue weighted by molar-refractivity contribution is -0.384. The van der Waals surface area contributed by atoms with Crippen LogP contribution in [0.2, 0.25) is 0 Å². The Labute approximate surface area is 151 Å². The Kier molecular flexibility index (Phi) is 4.88. The van der Waals surface area contributed by atoms with Crippen molar-refractivity contribution in [3.05, 3.63) is 34.1 Å². The summed E-state index contributed by atoms with van der Waals surface area (Å²) in [5.41, 5.74) is -0.194. The fraction of sp³-hybridized carbons (Fsp3) is 0.400. The van der Waals surface area contributed by atoms with Gasteiger partial charge in [0.1, 0.15) is 11.8 Å². The predicted molar refractivity (Wildman–Crippen MR) is 90.4 cm³/mol. The minimum absolute atomic E-state index is 0.0702.